The summed E-state index contributed by atoms with van der Waals surface area (Å²) in [4.78, 5) is 27.6. The zero-order valence-corrected chi connectivity index (χ0v) is 18.4. The minimum Gasteiger partial charge on any atom is -0.507 e. The molecular formula is C27H24FNO3. The number of hydrogen-bond acceptors (Lipinski definition) is 3. The second-order valence-electron chi connectivity index (χ2n) is 8.26. The maximum atomic E-state index is 14.9. The molecule has 162 valence electrons. The van der Waals surface area contributed by atoms with Crippen molar-refractivity contribution in [3.05, 3.63) is 105 Å². The molecule has 1 unspecified atom stereocenters. The Bertz CT molecular complexity index is 1290. The molecule has 5 heteroatoms. The van der Waals surface area contributed by atoms with Crippen LogP contribution in [0.25, 0.3) is 5.76 Å². The summed E-state index contributed by atoms with van der Waals surface area (Å²) in [6, 6.07) is 15.6. The Morgan fingerprint density at radius 1 is 0.844 bits per heavy atom. The SMILES string of the molecule is Cc1ccc(/C(O)=C2\C(=O)C(=O)N(c3ccc(C)c(C)c3)C2c2ccccc2F)cc1C. The molecule has 3 aromatic rings. The number of aryl methyl sites for hydroxylation is 4. The van der Waals surface area contributed by atoms with Gasteiger partial charge in [-0.15, -0.1) is 0 Å². The Kier molecular flexibility index (Phi) is 5.43. The van der Waals surface area contributed by atoms with Crippen molar-refractivity contribution in [2.24, 2.45) is 0 Å². The third-order valence-corrected chi connectivity index (χ3v) is 6.19. The normalized spacial score (nSPS) is 17.8. The fraction of sp³-hybridized carbons (Fsp3) is 0.185. The standard InChI is InChI=1S/C27H24FNO3/c1-15-9-11-19(13-17(15)3)25(30)23-24(21-7-5-6-8-22(21)28)29(27(32)26(23)31)20-12-10-16(2)18(4)14-20/h5-14,24,30H,1-4H3/b25-23+. The van der Waals surface area contributed by atoms with E-state index in [4.69, 9.17) is 0 Å². The zero-order chi connectivity index (χ0) is 23.2. The Hall–Kier alpha value is -3.73. The van der Waals surface area contributed by atoms with E-state index in [1.165, 1.54) is 17.0 Å². The Labute approximate surface area is 186 Å². The van der Waals surface area contributed by atoms with Crippen molar-refractivity contribution in [2.75, 3.05) is 4.90 Å². The van der Waals surface area contributed by atoms with Crippen molar-refractivity contribution in [1.82, 2.24) is 0 Å². The summed E-state index contributed by atoms with van der Waals surface area (Å²) in [6.45, 7) is 7.69. The summed E-state index contributed by atoms with van der Waals surface area (Å²) in [5.74, 6) is -2.51. The maximum Gasteiger partial charge on any atom is 0.300 e. The molecule has 0 aromatic heterocycles. The van der Waals surface area contributed by atoms with Gasteiger partial charge in [0.2, 0.25) is 0 Å². The summed E-state index contributed by atoms with van der Waals surface area (Å²) in [6.07, 6.45) is 0. The monoisotopic (exact) mass is 429 g/mol. The number of ketones is 1. The van der Waals surface area contributed by atoms with Gasteiger partial charge in [-0.3, -0.25) is 14.5 Å². The van der Waals surface area contributed by atoms with Crippen LogP contribution >= 0.6 is 0 Å². The molecule has 0 aliphatic carbocycles. The first-order valence-corrected chi connectivity index (χ1v) is 10.4. The average Bonchev–Trinajstić information content (AvgIpc) is 3.02. The fourth-order valence-electron chi connectivity index (χ4n) is 4.01. The molecule has 1 heterocycles. The number of Topliss-reactive ketones (excluding diaryl/α,β-unsaturated/α-hetero) is 1. The second-order valence-corrected chi connectivity index (χ2v) is 8.26. The van der Waals surface area contributed by atoms with Gasteiger partial charge in [-0.2, -0.15) is 0 Å². The molecule has 0 saturated carbocycles. The van der Waals surface area contributed by atoms with E-state index in [1.807, 2.05) is 39.8 Å². The third kappa shape index (κ3) is 3.50. The molecule has 4 nitrogen and oxygen atoms in total. The summed E-state index contributed by atoms with van der Waals surface area (Å²) in [7, 11) is 0. The summed E-state index contributed by atoms with van der Waals surface area (Å²) in [5.41, 5.74) is 4.84. The van der Waals surface area contributed by atoms with Gasteiger partial charge in [0.05, 0.1) is 11.6 Å². The van der Waals surface area contributed by atoms with Gasteiger partial charge in [0.15, 0.2) is 0 Å². The maximum absolute atomic E-state index is 14.9. The molecule has 1 fully saturated rings. The van der Waals surface area contributed by atoms with E-state index in [2.05, 4.69) is 0 Å². The Morgan fingerprint density at radius 2 is 1.47 bits per heavy atom. The Balaban J connectivity index is 1.99. The molecule has 32 heavy (non-hydrogen) atoms. The number of benzene rings is 3. The molecule has 1 aliphatic heterocycles. The minimum absolute atomic E-state index is 0.124. The van der Waals surface area contributed by atoms with Gasteiger partial charge in [-0.25, -0.2) is 4.39 Å². The van der Waals surface area contributed by atoms with Crippen LogP contribution in [0.2, 0.25) is 0 Å². The van der Waals surface area contributed by atoms with Crippen molar-refractivity contribution in [2.45, 2.75) is 33.7 Å². The Morgan fingerprint density at radius 3 is 2.09 bits per heavy atom. The van der Waals surface area contributed by atoms with Gasteiger partial charge >= 0.3 is 0 Å². The number of aliphatic hydroxyl groups is 1. The van der Waals surface area contributed by atoms with Crippen molar-refractivity contribution < 1.29 is 19.1 Å². The van der Waals surface area contributed by atoms with E-state index >= 15 is 0 Å². The highest BCUT2D eigenvalue weighted by Crippen LogP contribution is 2.43. The zero-order valence-electron chi connectivity index (χ0n) is 18.4. The molecule has 4 rings (SSSR count). The lowest BCUT2D eigenvalue weighted by atomic mass is 9.93. The van der Waals surface area contributed by atoms with Gasteiger partial charge in [-0.05, 0) is 74.2 Å². The van der Waals surface area contributed by atoms with Crippen LogP contribution in [0.1, 0.15) is 39.4 Å². The molecule has 1 saturated heterocycles. The van der Waals surface area contributed by atoms with Crippen molar-refractivity contribution in [1.29, 1.82) is 0 Å². The summed E-state index contributed by atoms with van der Waals surface area (Å²) in [5, 5.41) is 11.2. The van der Waals surface area contributed by atoms with E-state index in [-0.39, 0.29) is 16.9 Å². The summed E-state index contributed by atoms with van der Waals surface area (Å²) >= 11 is 0. The van der Waals surface area contributed by atoms with Crippen LogP contribution in [0, 0.1) is 33.5 Å². The smallest absolute Gasteiger partial charge is 0.300 e. The predicted octanol–water partition coefficient (Wildman–Crippen LogP) is 5.69. The van der Waals surface area contributed by atoms with Crippen molar-refractivity contribution in [3.8, 4) is 0 Å². The molecule has 3 aromatic carbocycles. The third-order valence-electron chi connectivity index (χ3n) is 6.19. The lowest BCUT2D eigenvalue weighted by Crippen LogP contribution is -2.30. The van der Waals surface area contributed by atoms with Gasteiger partial charge in [-0.1, -0.05) is 36.4 Å². The van der Waals surface area contributed by atoms with Gasteiger partial charge in [0, 0.05) is 16.8 Å². The highest BCUT2D eigenvalue weighted by Gasteiger charge is 2.47. The molecule has 0 spiro atoms. The molecular weight excluding hydrogens is 405 g/mol. The van der Waals surface area contributed by atoms with Crippen LogP contribution in [-0.4, -0.2) is 16.8 Å². The quantitative estimate of drug-likeness (QED) is 0.331. The van der Waals surface area contributed by atoms with Gasteiger partial charge in [0.1, 0.15) is 11.6 Å². The van der Waals surface area contributed by atoms with E-state index < -0.39 is 23.5 Å². The lowest BCUT2D eigenvalue weighted by Gasteiger charge is -2.26. The van der Waals surface area contributed by atoms with Gasteiger partial charge in [0.25, 0.3) is 11.7 Å². The van der Waals surface area contributed by atoms with Crippen LogP contribution in [0.5, 0.6) is 0 Å². The largest absolute Gasteiger partial charge is 0.507 e. The number of halogens is 1. The van der Waals surface area contributed by atoms with Gasteiger partial charge < -0.3 is 5.11 Å². The predicted molar refractivity (Wildman–Crippen MR) is 123 cm³/mol. The molecule has 0 bridgehead atoms. The van der Waals surface area contributed by atoms with Crippen LogP contribution in [0.15, 0.2) is 66.2 Å². The topological polar surface area (TPSA) is 57.6 Å². The fourth-order valence-corrected chi connectivity index (χ4v) is 4.01. The minimum atomic E-state index is -1.08. The first kappa shape index (κ1) is 21.5. The number of nitrogens with zero attached hydrogens (tertiary/aromatic N) is 1. The second kappa shape index (κ2) is 8.08. The van der Waals surface area contributed by atoms with E-state index in [0.717, 1.165) is 22.3 Å². The number of rotatable bonds is 3. The highest BCUT2D eigenvalue weighted by molar-refractivity contribution is 6.51. The summed E-state index contributed by atoms with van der Waals surface area (Å²) < 4.78 is 14.9. The first-order valence-electron chi connectivity index (χ1n) is 10.4. The molecule has 1 atom stereocenters. The van der Waals surface area contributed by atoms with E-state index in [0.29, 0.717) is 11.3 Å². The van der Waals surface area contributed by atoms with E-state index in [9.17, 15) is 19.1 Å². The number of aliphatic hydroxyl groups excluding tert-OH is 1. The van der Waals surface area contributed by atoms with Crippen LogP contribution in [0.3, 0.4) is 0 Å². The van der Waals surface area contributed by atoms with Crippen LogP contribution in [0.4, 0.5) is 10.1 Å². The van der Waals surface area contributed by atoms with Crippen LogP contribution in [-0.2, 0) is 9.59 Å². The average molecular weight is 429 g/mol. The first-order chi connectivity index (χ1) is 15.2. The molecule has 1 N–H and O–H groups in total. The number of hydrogen-bond donors (Lipinski definition) is 1. The number of amides is 1. The van der Waals surface area contributed by atoms with Crippen molar-refractivity contribution >= 4 is 23.1 Å². The number of carbonyl (C=O) groups is 2. The number of carbonyl (C=O) groups excluding carboxylic acids is 2. The molecule has 0 radical (unpaired) electrons. The van der Waals surface area contributed by atoms with E-state index in [1.54, 1.807) is 36.4 Å². The molecule has 1 aliphatic rings. The molecule has 1 amide bonds. The number of anilines is 1. The highest BCUT2D eigenvalue weighted by atomic mass is 19.1. The lowest BCUT2D eigenvalue weighted by molar-refractivity contribution is -0.132. The van der Waals surface area contributed by atoms with Crippen LogP contribution < -0.4 is 4.90 Å². The van der Waals surface area contributed by atoms with Crippen molar-refractivity contribution in [3.63, 3.8) is 0 Å².